The summed E-state index contributed by atoms with van der Waals surface area (Å²) in [7, 11) is -2.04. The summed E-state index contributed by atoms with van der Waals surface area (Å²) in [5.41, 5.74) is 0.315. The molecule has 3 rings (SSSR count). The summed E-state index contributed by atoms with van der Waals surface area (Å²) in [5, 5.41) is 0. The fraction of sp³-hybridized carbons (Fsp3) is 0.571. The average molecular weight is 310 g/mol. The quantitative estimate of drug-likeness (QED) is 0.837. The predicted octanol–water partition coefficient (Wildman–Crippen LogP) is 1.14. The molecule has 2 fully saturated rings. The molecule has 6 nitrogen and oxygen atoms in total. The highest BCUT2D eigenvalue weighted by Crippen LogP contribution is 2.46. The van der Waals surface area contributed by atoms with Crippen molar-refractivity contribution in [2.45, 2.75) is 31.1 Å². The Balaban J connectivity index is 1.81. The van der Waals surface area contributed by atoms with Gasteiger partial charge < -0.3 is 4.74 Å². The topological polar surface area (TPSA) is 76.6 Å². The van der Waals surface area contributed by atoms with Crippen molar-refractivity contribution in [3.63, 3.8) is 0 Å². The van der Waals surface area contributed by atoms with E-state index in [4.69, 9.17) is 4.74 Å². The van der Waals surface area contributed by atoms with Gasteiger partial charge in [-0.1, -0.05) is 0 Å². The zero-order chi connectivity index (χ0) is 15.3. The second kappa shape index (κ2) is 4.78. The number of carbonyl (C=O) groups excluding carboxylic acids is 1. The lowest BCUT2D eigenvalue weighted by Crippen LogP contribution is -2.57. The van der Waals surface area contributed by atoms with Gasteiger partial charge >= 0.3 is 0 Å². The standard InChI is InChI=1S/C14H18N2O4S/c1-10-12(3-4-13(15-10)20-2)21(18,19)16-8-14(9-16)6-5-11(17)7-14/h3-4H,5-9H2,1-2H3. The Morgan fingerprint density at radius 1 is 1.33 bits per heavy atom. The van der Waals surface area contributed by atoms with Gasteiger partial charge in [0.05, 0.1) is 12.8 Å². The van der Waals surface area contributed by atoms with E-state index < -0.39 is 10.0 Å². The summed E-state index contributed by atoms with van der Waals surface area (Å²) >= 11 is 0. The second-order valence-corrected chi connectivity index (χ2v) is 7.83. The van der Waals surface area contributed by atoms with Gasteiger partial charge in [-0.05, 0) is 19.4 Å². The molecule has 114 valence electrons. The van der Waals surface area contributed by atoms with E-state index in [1.54, 1.807) is 13.0 Å². The molecule has 0 bridgehead atoms. The van der Waals surface area contributed by atoms with Crippen LogP contribution in [0.2, 0.25) is 0 Å². The average Bonchev–Trinajstić information content (AvgIpc) is 2.79. The van der Waals surface area contributed by atoms with Crippen LogP contribution in [-0.2, 0) is 14.8 Å². The van der Waals surface area contributed by atoms with Gasteiger partial charge in [-0.15, -0.1) is 0 Å². The highest BCUT2D eigenvalue weighted by Gasteiger charge is 2.52. The molecule has 0 aromatic carbocycles. The van der Waals surface area contributed by atoms with Crippen LogP contribution in [0.4, 0.5) is 0 Å². The van der Waals surface area contributed by atoms with Crippen LogP contribution in [0.3, 0.4) is 0 Å². The van der Waals surface area contributed by atoms with Crippen molar-refractivity contribution in [3.8, 4) is 5.88 Å². The van der Waals surface area contributed by atoms with Crippen molar-refractivity contribution >= 4 is 15.8 Å². The lowest BCUT2D eigenvalue weighted by molar-refractivity contribution is -0.118. The smallest absolute Gasteiger partial charge is 0.244 e. The third kappa shape index (κ3) is 2.34. The van der Waals surface area contributed by atoms with Crippen molar-refractivity contribution in [2.24, 2.45) is 5.41 Å². The molecule has 1 aliphatic heterocycles. The maximum Gasteiger partial charge on any atom is 0.244 e. The fourth-order valence-electron chi connectivity index (χ4n) is 3.19. The molecule has 21 heavy (non-hydrogen) atoms. The molecule has 0 amide bonds. The van der Waals surface area contributed by atoms with Crippen LogP contribution in [0.15, 0.2) is 17.0 Å². The highest BCUT2D eigenvalue weighted by molar-refractivity contribution is 7.89. The SMILES string of the molecule is COc1ccc(S(=O)(=O)N2CC3(CCC(=O)C3)C2)c(C)n1. The van der Waals surface area contributed by atoms with Gasteiger partial charge in [-0.3, -0.25) is 4.79 Å². The summed E-state index contributed by atoms with van der Waals surface area (Å²) in [6.45, 7) is 2.53. The molecule has 7 heteroatoms. The minimum absolute atomic E-state index is 0.113. The van der Waals surface area contributed by atoms with Gasteiger partial charge in [0.2, 0.25) is 15.9 Å². The minimum atomic E-state index is -3.53. The first kappa shape index (κ1) is 14.5. The van der Waals surface area contributed by atoms with E-state index in [1.165, 1.54) is 17.5 Å². The molecule has 1 aromatic heterocycles. The molecule has 2 aliphatic rings. The monoisotopic (exact) mass is 310 g/mol. The second-order valence-electron chi connectivity index (χ2n) is 5.93. The molecular formula is C14H18N2O4S. The maximum absolute atomic E-state index is 12.6. The van der Waals surface area contributed by atoms with Crippen LogP contribution in [0.25, 0.3) is 0 Å². The number of ketones is 1. The summed E-state index contributed by atoms with van der Waals surface area (Å²) in [5.74, 6) is 0.641. The van der Waals surface area contributed by atoms with Gasteiger partial charge in [0.1, 0.15) is 10.7 Å². The molecule has 0 radical (unpaired) electrons. The molecule has 1 saturated heterocycles. The molecule has 1 aliphatic carbocycles. The number of ether oxygens (including phenoxy) is 1. The van der Waals surface area contributed by atoms with Crippen LogP contribution in [0.5, 0.6) is 5.88 Å². The van der Waals surface area contributed by atoms with E-state index >= 15 is 0 Å². The lowest BCUT2D eigenvalue weighted by Gasteiger charge is -2.46. The summed E-state index contributed by atoms with van der Waals surface area (Å²) < 4.78 is 31.7. The van der Waals surface area contributed by atoms with Crippen molar-refractivity contribution in [1.29, 1.82) is 0 Å². The van der Waals surface area contributed by atoms with Gasteiger partial charge in [0.15, 0.2) is 0 Å². The third-order valence-electron chi connectivity index (χ3n) is 4.37. The number of pyridine rings is 1. The zero-order valence-electron chi connectivity index (χ0n) is 12.1. The Kier molecular flexibility index (Phi) is 3.29. The van der Waals surface area contributed by atoms with Crippen molar-refractivity contribution in [3.05, 3.63) is 17.8 Å². The highest BCUT2D eigenvalue weighted by atomic mass is 32.2. The van der Waals surface area contributed by atoms with E-state index in [0.717, 1.165) is 6.42 Å². The molecule has 2 heterocycles. The number of nitrogens with zero attached hydrogens (tertiary/aromatic N) is 2. The van der Waals surface area contributed by atoms with E-state index in [1.807, 2.05) is 0 Å². The van der Waals surface area contributed by atoms with Gasteiger partial charge in [0.25, 0.3) is 0 Å². The Morgan fingerprint density at radius 3 is 2.57 bits per heavy atom. The normalized spacial score (nSPS) is 21.5. The van der Waals surface area contributed by atoms with E-state index in [9.17, 15) is 13.2 Å². The van der Waals surface area contributed by atoms with E-state index in [0.29, 0.717) is 37.5 Å². The van der Waals surface area contributed by atoms with Crippen molar-refractivity contribution in [2.75, 3.05) is 20.2 Å². The lowest BCUT2D eigenvalue weighted by atomic mass is 9.80. The predicted molar refractivity (Wildman–Crippen MR) is 75.6 cm³/mol. The number of aromatic nitrogens is 1. The first-order chi connectivity index (χ1) is 9.86. The number of rotatable bonds is 3. The summed E-state index contributed by atoms with van der Waals surface area (Å²) in [6, 6.07) is 3.08. The van der Waals surface area contributed by atoms with Gasteiger partial charge in [-0.2, -0.15) is 4.31 Å². The number of hydrogen-bond donors (Lipinski definition) is 0. The number of hydrogen-bond acceptors (Lipinski definition) is 5. The Morgan fingerprint density at radius 2 is 2.05 bits per heavy atom. The van der Waals surface area contributed by atoms with Crippen molar-refractivity contribution in [1.82, 2.24) is 9.29 Å². The van der Waals surface area contributed by atoms with Gasteiger partial charge in [-0.25, -0.2) is 13.4 Å². The molecule has 0 N–H and O–H groups in total. The largest absolute Gasteiger partial charge is 0.481 e. The third-order valence-corrected chi connectivity index (χ3v) is 6.29. The Hall–Kier alpha value is -1.47. The number of methoxy groups -OCH3 is 1. The molecule has 0 unspecified atom stereocenters. The number of sulfonamides is 1. The molecule has 0 atom stereocenters. The Labute approximate surface area is 124 Å². The Bertz CT molecular complexity index is 693. The first-order valence-electron chi connectivity index (χ1n) is 6.90. The van der Waals surface area contributed by atoms with E-state index in [-0.39, 0.29) is 16.1 Å². The van der Waals surface area contributed by atoms with Gasteiger partial charge in [0, 0.05) is 37.4 Å². The minimum Gasteiger partial charge on any atom is -0.481 e. The first-order valence-corrected chi connectivity index (χ1v) is 8.34. The van der Waals surface area contributed by atoms with Crippen LogP contribution in [0, 0.1) is 12.3 Å². The molecular weight excluding hydrogens is 292 g/mol. The molecule has 1 saturated carbocycles. The maximum atomic E-state index is 12.6. The molecule has 1 spiro atoms. The number of aryl methyl sites for hydroxylation is 1. The molecule has 1 aromatic rings. The zero-order valence-corrected chi connectivity index (χ0v) is 12.9. The summed E-state index contributed by atoms with van der Waals surface area (Å²) in [6.07, 6.45) is 1.90. The summed E-state index contributed by atoms with van der Waals surface area (Å²) in [4.78, 5) is 15.7. The fourth-order valence-corrected chi connectivity index (χ4v) is 5.02. The van der Waals surface area contributed by atoms with Crippen LogP contribution < -0.4 is 4.74 Å². The van der Waals surface area contributed by atoms with E-state index in [2.05, 4.69) is 4.98 Å². The number of Topliss-reactive ketones (excluding diaryl/α,β-unsaturated/α-hetero) is 1. The van der Waals surface area contributed by atoms with Crippen LogP contribution in [0.1, 0.15) is 25.0 Å². The number of carbonyl (C=O) groups is 1. The van der Waals surface area contributed by atoms with Crippen LogP contribution >= 0.6 is 0 Å². The van der Waals surface area contributed by atoms with Crippen molar-refractivity contribution < 1.29 is 17.9 Å². The van der Waals surface area contributed by atoms with Crippen LogP contribution in [-0.4, -0.2) is 43.7 Å².